The van der Waals surface area contributed by atoms with Crippen LogP contribution in [-0.2, 0) is 11.3 Å². The highest BCUT2D eigenvalue weighted by molar-refractivity contribution is 6.42. The van der Waals surface area contributed by atoms with Crippen LogP contribution in [0.3, 0.4) is 0 Å². The van der Waals surface area contributed by atoms with E-state index in [0.717, 1.165) is 11.0 Å². The van der Waals surface area contributed by atoms with Gasteiger partial charge in [-0.25, -0.2) is 0 Å². The number of carbonyl (C=O) groups excluding carboxylic acids is 2. The van der Waals surface area contributed by atoms with E-state index in [2.05, 4.69) is 10.6 Å². The molecule has 0 spiro atoms. The Morgan fingerprint density at radius 3 is 2.52 bits per heavy atom. The average Bonchev–Trinajstić information content (AvgIpc) is 3.03. The predicted molar refractivity (Wildman–Crippen MR) is 96.9 cm³/mol. The number of para-hydroxylation sites is 1. The second-order valence-electron chi connectivity index (χ2n) is 5.34. The lowest BCUT2D eigenvalue weighted by Crippen LogP contribution is -2.36. The summed E-state index contributed by atoms with van der Waals surface area (Å²) >= 11 is 11.7. The highest BCUT2D eigenvalue weighted by Gasteiger charge is 2.10. The van der Waals surface area contributed by atoms with E-state index in [1.807, 2.05) is 30.3 Å². The third-order valence-electron chi connectivity index (χ3n) is 3.53. The number of nitrogens with one attached hydrogen (secondary N) is 2. The van der Waals surface area contributed by atoms with Crippen LogP contribution < -0.4 is 10.6 Å². The molecule has 0 saturated carbocycles. The molecule has 25 heavy (non-hydrogen) atoms. The number of hydrogen-bond donors (Lipinski definition) is 2. The van der Waals surface area contributed by atoms with E-state index in [9.17, 15) is 9.59 Å². The van der Waals surface area contributed by atoms with Crippen LogP contribution in [0.25, 0.3) is 11.0 Å². The first-order valence-corrected chi connectivity index (χ1v) is 8.26. The van der Waals surface area contributed by atoms with Crippen molar-refractivity contribution in [1.82, 2.24) is 10.6 Å². The second-order valence-corrected chi connectivity index (χ2v) is 6.15. The number of halogens is 2. The van der Waals surface area contributed by atoms with Crippen LogP contribution in [0.15, 0.2) is 52.9 Å². The van der Waals surface area contributed by atoms with Crippen molar-refractivity contribution in [1.29, 1.82) is 0 Å². The van der Waals surface area contributed by atoms with Gasteiger partial charge < -0.3 is 15.1 Å². The Labute approximate surface area is 153 Å². The van der Waals surface area contributed by atoms with Crippen LogP contribution in [-0.4, -0.2) is 18.4 Å². The maximum atomic E-state index is 12.0. The smallest absolute Gasteiger partial charge is 0.251 e. The fraction of sp³-hybridized carbons (Fsp3) is 0.111. The molecule has 2 aromatic carbocycles. The molecular weight excluding hydrogens is 363 g/mol. The van der Waals surface area contributed by atoms with Crippen LogP contribution in [0.2, 0.25) is 10.0 Å². The van der Waals surface area contributed by atoms with Crippen molar-refractivity contribution in [2.24, 2.45) is 0 Å². The maximum absolute atomic E-state index is 12.0. The minimum absolute atomic E-state index is 0.153. The van der Waals surface area contributed by atoms with Gasteiger partial charge in [0, 0.05) is 10.9 Å². The highest BCUT2D eigenvalue weighted by Crippen LogP contribution is 2.22. The van der Waals surface area contributed by atoms with Crippen LogP contribution in [0, 0.1) is 0 Å². The molecule has 1 aromatic heterocycles. The second kappa shape index (κ2) is 7.59. The number of furan rings is 1. The Balaban J connectivity index is 1.50. The molecule has 0 atom stereocenters. The first kappa shape index (κ1) is 17.3. The summed E-state index contributed by atoms with van der Waals surface area (Å²) in [6, 6.07) is 14.0. The van der Waals surface area contributed by atoms with Crippen molar-refractivity contribution < 1.29 is 14.0 Å². The number of hydrogen-bond acceptors (Lipinski definition) is 3. The Kier molecular flexibility index (Phi) is 5.26. The SMILES string of the molecule is O=C(CNC(=O)c1ccc(Cl)c(Cl)c1)NCc1cc2ccccc2o1. The molecule has 2 N–H and O–H groups in total. The van der Waals surface area contributed by atoms with Gasteiger partial charge in [-0.1, -0.05) is 41.4 Å². The van der Waals surface area contributed by atoms with E-state index < -0.39 is 5.91 Å². The van der Waals surface area contributed by atoms with Gasteiger partial charge >= 0.3 is 0 Å². The molecule has 0 unspecified atom stereocenters. The highest BCUT2D eigenvalue weighted by atomic mass is 35.5. The van der Waals surface area contributed by atoms with Gasteiger partial charge in [0.2, 0.25) is 5.91 Å². The van der Waals surface area contributed by atoms with Gasteiger partial charge in [0.05, 0.1) is 23.1 Å². The molecule has 3 aromatic rings. The molecule has 1 heterocycles. The van der Waals surface area contributed by atoms with Gasteiger partial charge in [-0.15, -0.1) is 0 Å². The molecule has 3 rings (SSSR count). The van der Waals surface area contributed by atoms with Crippen molar-refractivity contribution in [2.75, 3.05) is 6.54 Å². The zero-order valence-corrected chi connectivity index (χ0v) is 14.5. The monoisotopic (exact) mass is 376 g/mol. The summed E-state index contributed by atoms with van der Waals surface area (Å²) < 4.78 is 5.61. The lowest BCUT2D eigenvalue weighted by molar-refractivity contribution is -0.120. The van der Waals surface area contributed by atoms with Gasteiger partial charge in [0.25, 0.3) is 5.91 Å². The molecule has 0 fully saturated rings. The van der Waals surface area contributed by atoms with Crippen molar-refractivity contribution in [2.45, 2.75) is 6.54 Å². The lowest BCUT2D eigenvalue weighted by Gasteiger charge is -2.06. The topological polar surface area (TPSA) is 71.3 Å². The van der Waals surface area contributed by atoms with Crippen molar-refractivity contribution >= 4 is 46.0 Å². The van der Waals surface area contributed by atoms with Gasteiger partial charge in [-0.3, -0.25) is 9.59 Å². The standard InChI is InChI=1S/C18H14Cl2N2O3/c19-14-6-5-12(8-15(14)20)18(24)22-10-17(23)21-9-13-7-11-3-1-2-4-16(11)25-13/h1-8H,9-10H2,(H,21,23)(H,22,24). The normalized spacial score (nSPS) is 10.6. The first-order chi connectivity index (χ1) is 12.0. The van der Waals surface area contributed by atoms with Gasteiger partial charge in [0.15, 0.2) is 0 Å². The summed E-state index contributed by atoms with van der Waals surface area (Å²) in [5.74, 6) is -0.0864. The van der Waals surface area contributed by atoms with Crippen LogP contribution in [0.5, 0.6) is 0 Å². The van der Waals surface area contributed by atoms with E-state index >= 15 is 0 Å². The van der Waals surface area contributed by atoms with Crippen LogP contribution in [0.4, 0.5) is 0 Å². The Morgan fingerprint density at radius 1 is 0.960 bits per heavy atom. The summed E-state index contributed by atoms with van der Waals surface area (Å²) in [6.07, 6.45) is 0. The van der Waals surface area contributed by atoms with E-state index in [1.165, 1.54) is 18.2 Å². The number of carbonyl (C=O) groups is 2. The van der Waals surface area contributed by atoms with Crippen LogP contribution in [0.1, 0.15) is 16.1 Å². The van der Waals surface area contributed by atoms with Crippen molar-refractivity contribution in [3.63, 3.8) is 0 Å². The molecule has 0 aliphatic heterocycles. The molecule has 7 heteroatoms. The average molecular weight is 377 g/mol. The fourth-order valence-electron chi connectivity index (χ4n) is 2.27. The van der Waals surface area contributed by atoms with E-state index in [1.54, 1.807) is 0 Å². The molecule has 0 aliphatic carbocycles. The third kappa shape index (κ3) is 4.32. The molecule has 0 radical (unpaired) electrons. The number of fused-ring (bicyclic) bond motifs is 1. The zero-order valence-electron chi connectivity index (χ0n) is 13.0. The van der Waals surface area contributed by atoms with Gasteiger partial charge in [0.1, 0.15) is 11.3 Å². The lowest BCUT2D eigenvalue weighted by atomic mass is 10.2. The quantitative estimate of drug-likeness (QED) is 0.711. The van der Waals surface area contributed by atoms with Crippen LogP contribution >= 0.6 is 23.2 Å². The third-order valence-corrected chi connectivity index (χ3v) is 4.27. The summed E-state index contributed by atoms with van der Waals surface area (Å²) in [7, 11) is 0. The molecule has 2 amide bonds. The van der Waals surface area contributed by atoms with E-state index in [0.29, 0.717) is 16.3 Å². The van der Waals surface area contributed by atoms with Crippen molar-refractivity contribution in [3.05, 3.63) is 69.9 Å². The Morgan fingerprint density at radius 2 is 1.76 bits per heavy atom. The maximum Gasteiger partial charge on any atom is 0.251 e. The summed E-state index contributed by atoms with van der Waals surface area (Å²) in [6.45, 7) is 0.0927. The number of amides is 2. The largest absolute Gasteiger partial charge is 0.459 e. The number of rotatable bonds is 5. The molecule has 0 saturated heterocycles. The van der Waals surface area contributed by atoms with Gasteiger partial charge in [-0.05, 0) is 30.3 Å². The molecule has 5 nitrogen and oxygen atoms in total. The van der Waals surface area contributed by atoms with E-state index in [4.69, 9.17) is 27.6 Å². The molecule has 0 aliphatic rings. The predicted octanol–water partition coefficient (Wildman–Crippen LogP) is 3.79. The van der Waals surface area contributed by atoms with Crippen molar-refractivity contribution in [3.8, 4) is 0 Å². The molecule has 0 bridgehead atoms. The minimum atomic E-state index is -0.405. The molecule has 128 valence electrons. The minimum Gasteiger partial charge on any atom is -0.459 e. The summed E-state index contributed by atoms with van der Waals surface area (Å²) in [5.41, 5.74) is 1.10. The molecular formula is C18H14Cl2N2O3. The van der Waals surface area contributed by atoms with Gasteiger partial charge in [-0.2, -0.15) is 0 Å². The number of benzene rings is 2. The first-order valence-electron chi connectivity index (χ1n) is 7.50. The summed E-state index contributed by atoms with van der Waals surface area (Å²) in [4.78, 5) is 23.9. The Hall–Kier alpha value is -2.50. The summed E-state index contributed by atoms with van der Waals surface area (Å²) in [5, 5.41) is 6.83. The fourth-order valence-corrected chi connectivity index (χ4v) is 2.57. The Bertz CT molecular complexity index is 904. The zero-order chi connectivity index (χ0) is 17.8. The van der Waals surface area contributed by atoms with E-state index in [-0.39, 0.29) is 24.0 Å².